The molecule has 0 aromatic rings. The number of carbonyl (C=O) groups is 1. The molecule has 0 unspecified atom stereocenters. The highest BCUT2D eigenvalue weighted by Crippen LogP contribution is 2.10. The lowest BCUT2D eigenvalue weighted by molar-refractivity contribution is 0.0913. The van der Waals surface area contributed by atoms with Crippen molar-refractivity contribution in [2.24, 2.45) is 0 Å². The van der Waals surface area contributed by atoms with Gasteiger partial charge in [-0.2, -0.15) is 0 Å². The molecule has 0 aromatic heterocycles. The molecule has 0 aromatic carbocycles. The van der Waals surface area contributed by atoms with Crippen molar-refractivity contribution in [2.75, 3.05) is 33.3 Å². The molecular weight excluding hydrogens is 192 g/mol. The van der Waals surface area contributed by atoms with Gasteiger partial charge in [0.15, 0.2) is 0 Å². The van der Waals surface area contributed by atoms with Crippen LogP contribution in [0.3, 0.4) is 0 Å². The number of piperazine rings is 1. The number of hydrogen-bond acceptors (Lipinski definition) is 3. The zero-order chi connectivity index (χ0) is 11.3. The Kier molecular flexibility index (Phi) is 4.46. The Hall–Kier alpha value is -1.19. The van der Waals surface area contributed by atoms with Crippen molar-refractivity contribution >= 4 is 6.09 Å². The Balaban J connectivity index is 2.31. The first kappa shape index (κ1) is 11.9. The zero-order valence-corrected chi connectivity index (χ0v) is 9.66. The molecule has 0 aliphatic carbocycles. The number of hydrogen-bond donors (Lipinski definition) is 0. The Morgan fingerprint density at radius 2 is 2.27 bits per heavy atom. The summed E-state index contributed by atoms with van der Waals surface area (Å²) < 4.78 is 5.13. The maximum atomic E-state index is 11.6. The second-order valence-corrected chi connectivity index (χ2v) is 3.88. The van der Waals surface area contributed by atoms with Gasteiger partial charge >= 0.3 is 6.09 Å². The van der Waals surface area contributed by atoms with Crippen molar-refractivity contribution in [3.63, 3.8) is 0 Å². The van der Waals surface area contributed by atoms with Crippen molar-refractivity contribution in [3.05, 3.63) is 12.3 Å². The average Bonchev–Trinajstić information content (AvgIpc) is 2.22. The van der Waals surface area contributed by atoms with E-state index >= 15 is 0 Å². The van der Waals surface area contributed by atoms with E-state index in [9.17, 15) is 4.79 Å². The number of unbranched alkanes of at least 4 members (excludes halogenated alkanes) is 1. The molecule has 1 heterocycles. The third-order valence-electron chi connectivity index (χ3n) is 2.60. The molecule has 4 heteroatoms. The van der Waals surface area contributed by atoms with Gasteiger partial charge < -0.3 is 14.5 Å². The summed E-state index contributed by atoms with van der Waals surface area (Å²) >= 11 is 0. The van der Waals surface area contributed by atoms with Crippen molar-refractivity contribution in [3.8, 4) is 0 Å². The summed E-state index contributed by atoms with van der Waals surface area (Å²) in [5, 5.41) is 0. The largest absolute Gasteiger partial charge is 0.449 e. The van der Waals surface area contributed by atoms with Gasteiger partial charge in [-0.25, -0.2) is 4.79 Å². The Bertz CT molecular complexity index is 241. The van der Waals surface area contributed by atoms with Gasteiger partial charge in [0.25, 0.3) is 0 Å². The molecule has 0 saturated carbocycles. The topological polar surface area (TPSA) is 32.8 Å². The molecule has 1 amide bonds. The van der Waals surface area contributed by atoms with Crippen LogP contribution in [0.2, 0.25) is 0 Å². The van der Waals surface area contributed by atoms with E-state index in [2.05, 4.69) is 18.4 Å². The van der Waals surface area contributed by atoms with E-state index in [0.717, 1.165) is 31.6 Å². The Labute approximate surface area is 91.5 Å². The van der Waals surface area contributed by atoms with E-state index in [1.807, 2.05) is 7.05 Å². The lowest BCUT2D eigenvalue weighted by Gasteiger charge is -2.34. The van der Waals surface area contributed by atoms with Gasteiger partial charge in [0.2, 0.25) is 0 Å². The van der Waals surface area contributed by atoms with Crippen molar-refractivity contribution in [2.45, 2.75) is 19.8 Å². The van der Waals surface area contributed by atoms with Crippen LogP contribution >= 0.6 is 0 Å². The number of likely N-dealkylation sites (N-methyl/N-ethyl adjacent to an activating group) is 1. The molecule has 0 bridgehead atoms. The van der Waals surface area contributed by atoms with Crippen LogP contribution in [0.4, 0.5) is 4.79 Å². The molecule has 0 atom stereocenters. The fourth-order valence-corrected chi connectivity index (χ4v) is 1.40. The summed E-state index contributed by atoms with van der Waals surface area (Å²) in [5.41, 5.74) is 0.966. The predicted molar refractivity (Wildman–Crippen MR) is 59.6 cm³/mol. The summed E-state index contributed by atoms with van der Waals surface area (Å²) in [7, 11) is 1.99. The maximum absolute atomic E-state index is 11.6. The highest BCUT2D eigenvalue weighted by atomic mass is 16.6. The molecule has 4 nitrogen and oxygen atoms in total. The van der Waals surface area contributed by atoms with Crippen LogP contribution in [0, 0.1) is 0 Å². The van der Waals surface area contributed by atoms with E-state index in [0.29, 0.717) is 13.2 Å². The van der Waals surface area contributed by atoms with E-state index in [-0.39, 0.29) is 6.09 Å². The fraction of sp³-hybridized carbons (Fsp3) is 0.727. The third-order valence-corrected chi connectivity index (χ3v) is 2.60. The van der Waals surface area contributed by atoms with Gasteiger partial charge in [-0.15, -0.1) is 0 Å². The minimum absolute atomic E-state index is 0.210. The van der Waals surface area contributed by atoms with Gasteiger partial charge in [-0.05, 0) is 6.42 Å². The summed E-state index contributed by atoms with van der Waals surface area (Å²) in [5.74, 6) is 0. The summed E-state index contributed by atoms with van der Waals surface area (Å²) in [6.45, 7) is 8.64. The molecule has 1 fully saturated rings. The summed E-state index contributed by atoms with van der Waals surface area (Å²) in [6.07, 6.45) is 1.76. The molecule has 1 aliphatic heterocycles. The normalized spacial score (nSPS) is 16.8. The van der Waals surface area contributed by atoms with Crippen molar-refractivity contribution in [1.82, 2.24) is 9.80 Å². The highest BCUT2D eigenvalue weighted by Gasteiger charge is 2.21. The molecular formula is C11H20N2O2. The van der Waals surface area contributed by atoms with E-state index in [1.165, 1.54) is 0 Å². The lowest BCUT2D eigenvalue weighted by atomic mass is 10.3. The van der Waals surface area contributed by atoms with Crippen LogP contribution in [0.1, 0.15) is 19.8 Å². The zero-order valence-electron chi connectivity index (χ0n) is 9.66. The molecule has 86 valence electrons. The molecule has 0 N–H and O–H groups in total. The minimum Gasteiger partial charge on any atom is -0.449 e. The van der Waals surface area contributed by atoms with Crippen LogP contribution in [0.15, 0.2) is 12.3 Å². The quantitative estimate of drug-likeness (QED) is 0.667. The number of amides is 1. The summed E-state index contributed by atoms with van der Waals surface area (Å²) in [4.78, 5) is 15.3. The lowest BCUT2D eigenvalue weighted by Crippen LogP contribution is -2.45. The number of nitrogens with zero attached hydrogens (tertiary/aromatic N) is 2. The first-order valence-electron chi connectivity index (χ1n) is 5.45. The third kappa shape index (κ3) is 3.46. The SMILES string of the molecule is C=C1CN(C(=O)OCCCC)CCN1C. The highest BCUT2D eigenvalue weighted by molar-refractivity contribution is 5.68. The van der Waals surface area contributed by atoms with E-state index < -0.39 is 0 Å². The summed E-state index contributed by atoms with van der Waals surface area (Å²) in [6, 6.07) is 0. The maximum Gasteiger partial charge on any atom is 0.410 e. The number of ether oxygens (including phenoxy) is 1. The molecule has 1 saturated heterocycles. The molecule has 0 radical (unpaired) electrons. The van der Waals surface area contributed by atoms with Crippen LogP contribution in [0.25, 0.3) is 0 Å². The standard InChI is InChI=1S/C11H20N2O2/c1-4-5-8-15-11(14)13-7-6-12(3)10(2)9-13/h2,4-9H2,1,3H3. The molecule has 1 aliphatic rings. The van der Waals surface area contributed by atoms with Crippen LogP contribution < -0.4 is 0 Å². The van der Waals surface area contributed by atoms with Crippen molar-refractivity contribution < 1.29 is 9.53 Å². The van der Waals surface area contributed by atoms with Crippen LogP contribution in [-0.2, 0) is 4.74 Å². The molecule has 1 rings (SSSR count). The Morgan fingerprint density at radius 3 is 2.87 bits per heavy atom. The van der Waals surface area contributed by atoms with Crippen molar-refractivity contribution in [1.29, 1.82) is 0 Å². The van der Waals surface area contributed by atoms with Gasteiger partial charge in [0.1, 0.15) is 0 Å². The minimum atomic E-state index is -0.210. The molecule has 15 heavy (non-hydrogen) atoms. The second kappa shape index (κ2) is 5.63. The monoisotopic (exact) mass is 212 g/mol. The average molecular weight is 212 g/mol. The van der Waals surface area contributed by atoms with Gasteiger partial charge in [-0.3, -0.25) is 0 Å². The van der Waals surface area contributed by atoms with E-state index in [4.69, 9.17) is 4.74 Å². The number of rotatable bonds is 3. The smallest absolute Gasteiger partial charge is 0.410 e. The molecule has 0 spiro atoms. The second-order valence-electron chi connectivity index (χ2n) is 3.88. The fourth-order valence-electron chi connectivity index (χ4n) is 1.40. The number of carbonyl (C=O) groups excluding carboxylic acids is 1. The first-order valence-corrected chi connectivity index (χ1v) is 5.45. The van der Waals surface area contributed by atoms with Gasteiger partial charge in [-0.1, -0.05) is 19.9 Å². The Morgan fingerprint density at radius 1 is 1.53 bits per heavy atom. The first-order chi connectivity index (χ1) is 7.15. The predicted octanol–water partition coefficient (Wildman–Crippen LogP) is 1.68. The van der Waals surface area contributed by atoms with Crippen LogP contribution in [-0.4, -0.2) is 49.2 Å². The van der Waals surface area contributed by atoms with E-state index in [1.54, 1.807) is 4.90 Å². The van der Waals surface area contributed by atoms with Gasteiger partial charge in [0, 0.05) is 25.8 Å². The van der Waals surface area contributed by atoms with Gasteiger partial charge in [0.05, 0.1) is 13.2 Å². The van der Waals surface area contributed by atoms with Crippen LogP contribution in [0.5, 0.6) is 0 Å².